The van der Waals surface area contributed by atoms with Crippen molar-refractivity contribution in [3.63, 3.8) is 0 Å². The molecule has 0 spiro atoms. The smallest absolute Gasteiger partial charge is 0.130 e. The second-order valence-electron chi connectivity index (χ2n) is 5.17. The Morgan fingerprint density at radius 2 is 1.76 bits per heavy atom. The van der Waals surface area contributed by atoms with Gasteiger partial charge in [0.15, 0.2) is 0 Å². The van der Waals surface area contributed by atoms with Gasteiger partial charge >= 0.3 is 0 Å². The molecule has 2 nitrogen and oxygen atoms in total. The molecule has 2 unspecified atom stereocenters. The molecule has 0 bridgehead atoms. The summed E-state index contributed by atoms with van der Waals surface area (Å²) in [7, 11) is 0. The Balaban J connectivity index is 1.67. The zero-order valence-electron chi connectivity index (χ0n) is 10.2. The maximum atomic E-state index is 6.15. The van der Waals surface area contributed by atoms with Gasteiger partial charge in [0.1, 0.15) is 18.0 Å². The van der Waals surface area contributed by atoms with Crippen LogP contribution >= 0.6 is 0 Å². The molecule has 17 heavy (non-hydrogen) atoms. The molecule has 92 valence electrons. The predicted molar refractivity (Wildman–Crippen MR) is 67.2 cm³/mol. The highest BCUT2D eigenvalue weighted by atomic mass is 16.6. The molecule has 1 aliphatic heterocycles. The maximum absolute atomic E-state index is 6.15. The molecule has 1 aromatic rings. The molecule has 2 fully saturated rings. The van der Waals surface area contributed by atoms with E-state index in [4.69, 9.17) is 9.47 Å². The van der Waals surface area contributed by atoms with E-state index < -0.39 is 0 Å². The van der Waals surface area contributed by atoms with Gasteiger partial charge in [0.05, 0.1) is 6.61 Å². The second-order valence-corrected chi connectivity index (χ2v) is 5.17. The van der Waals surface area contributed by atoms with Gasteiger partial charge in [-0.25, -0.2) is 0 Å². The van der Waals surface area contributed by atoms with Crippen LogP contribution in [0.4, 0.5) is 0 Å². The number of benzene rings is 1. The topological polar surface area (TPSA) is 21.8 Å². The highest BCUT2D eigenvalue weighted by Gasteiger charge is 2.40. The van der Waals surface area contributed by atoms with Crippen molar-refractivity contribution in [1.82, 2.24) is 0 Å². The normalized spacial score (nSPS) is 26.5. The maximum Gasteiger partial charge on any atom is 0.130 e. The third-order valence-corrected chi connectivity index (χ3v) is 3.86. The average Bonchev–Trinajstić information content (AvgIpc) is 3.23. The molecule has 2 atom stereocenters. The van der Waals surface area contributed by atoms with Gasteiger partial charge in [0, 0.05) is 0 Å². The van der Waals surface area contributed by atoms with Crippen molar-refractivity contribution < 1.29 is 9.47 Å². The van der Waals surface area contributed by atoms with Crippen molar-refractivity contribution in [2.75, 3.05) is 6.61 Å². The summed E-state index contributed by atoms with van der Waals surface area (Å²) < 4.78 is 11.6. The van der Waals surface area contributed by atoms with Crippen LogP contribution < -0.4 is 4.74 Å². The Hall–Kier alpha value is -1.02. The standard InChI is InChI=1S/C15H20O2/c1-3-7-12(8-4-1)15(14-11-16-14)17-13-9-5-2-6-10-13/h2,5-6,9-10,12,14-15H,1,3-4,7-8,11H2. The second kappa shape index (κ2) is 5.09. The van der Waals surface area contributed by atoms with Crippen LogP contribution in [-0.2, 0) is 4.74 Å². The Morgan fingerprint density at radius 1 is 1.06 bits per heavy atom. The molecule has 0 radical (unpaired) electrons. The molecule has 0 N–H and O–H groups in total. The van der Waals surface area contributed by atoms with Crippen LogP contribution in [0.5, 0.6) is 5.75 Å². The van der Waals surface area contributed by atoms with Crippen LogP contribution in [-0.4, -0.2) is 18.8 Å². The molecule has 1 heterocycles. The van der Waals surface area contributed by atoms with Crippen LogP contribution in [0.1, 0.15) is 32.1 Å². The molecule has 2 aliphatic rings. The van der Waals surface area contributed by atoms with Crippen LogP contribution in [0.25, 0.3) is 0 Å². The van der Waals surface area contributed by atoms with E-state index in [1.54, 1.807) is 0 Å². The lowest BCUT2D eigenvalue weighted by molar-refractivity contribution is 0.0797. The predicted octanol–water partition coefficient (Wildman–Crippen LogP) is 3.41. The zero-order chi connectivity index (χ0) is 11.5. The van der Waals surface area contributed by atoms with E-state index in [1.807, 2.05) is 30.3 Å². The summed E-state index contributed by atoms with van der Waals surface area (Å²) >= 11 is 0. The van der Waals surface area contributed by atoms with Crippen LogP contribution in [0, 0.1) is 5.92 Å². The molecule has 1 aromatic carbocycles. The lowest BCUT2D eigenvalue weighted by atomic mass is 9.84. The van der Waals surface area contributed by atoms with Gasteiger partial charge in [-0.3, -0.25) is 0 Å². The first kappa shape index (κ1) is 11.1. The van der Waals surface area contributed by atoms with Gasteiger partial charge in [0.25, 0.3) is 0 Å². The molecule has 2 heteroatoms. The molecular weight excluding hydrogens is 212 g/mol. The first-order chi connectivity index (χ1) is 8.43. The molecule has 1 saturated carbocycles. The molecular formula is C15H20O2. The quantitative estimate of drug-likeness (QED) is 0.742. The number of hydrogen-bond acceptors (Lipinski definition) is 2. The minimum Gasteiger partial charge on any atom is -0.487 e. The Bertz CT molecular complexity index is 339. The van der Waals surface area contributed by atoms with Crippen LogP contribution in [0.3, 0.4) is 0 Å². The van der Waals surface area contributed by atoms with E-state index >= 15 is 0 Å². The number of rotatable bonds is 4. The van der Waals surface area contributed by atoms with Crippen LogP contribution in [0.15, 0.2) is 30.3 Å². The average molecular weight is 232 g/mol. The molecule has 1 aliphatic carbocycles. The molecule has 0 aromatic heterocycles. The number of ether oxygens (including phenoxy) is 2. The van der Waals surface area contributed by atoms with E-state index in [1.165, 1.54) is 32.1 Å². The van der Waals surface area contributed by atoms with Crippen molar-refractivity contribution in [2.24, 2.45) is 5.92 Å². The summed E-state index contributed by atoms with van der Waals surface area (Å²) in [5.74, 6) is 1.68. The van der Waals surface area contributed by atoms with Crippen molar-refractivity contribution in [1.29, 1.82) is 0 Å². The zero-order valence-corrected chi connectivity index (χ0v) is 10.2. The van der Waals surface area contributed by atoms with Crippen molar-refractivity contribution in [2.45, 2.75) is 44.3 Å². The fourth-order valence-corrected chi connectivity index (χ4v) is 2.84. The van der Waals surface area contributed by atoms with E-state index in [2.05, 4.69) is 0 Å². The van der Waals surface area contributed by atoms with Gasteiger partial charge in [-0.15, -0.1) is 0 Å². The highest BCUT2D eigenvalue weighted by molar-refractivity contribution is 5.21. The fourth-order valence-electron chi connectivity index (χ4n) is 2.84. The van der Waals surface area contributed by atoms with Crippen molar-refractivity contribution >= 4 is 0 Å². The summed E-state index contributed by atoms with van der Waals surface area (Å²) in [5, 5.41) is 0. The summed E-state index contributed by atoms with van der Waals surface area (Å²) in [5.41, 5.74) is 0. The van der Waals surface area contributed by atoms with E-state index in [9.17, 15) is 0 Å². The molecule has 1 saturated heterocycles. The fraction of sp³-hybridized carbons (Fsp3) is 0.600. The monoisotopic (exact) mass is 232 g/mol. The van der Waals surface area contributed by atoms with Crippen LogP contribution in [0.2, 0.25) is 0 Å². The van der Waals surface area contributed by atoms with Gasteiger partial charge in [-0.2, -0.15) is 0 Å². The molecule has 0 amide bonds. The van der Waals surface area contributed by atoms with Gasteiger partial charge in [-0.1, -0.05) is 37.5 Å². The first-order valence-electron chi connectivity index (χ1n) is 6.77. The highest BCUT2D eigenvalue weighted by Crippen LogP contribution is 2.34. The lowest BCUT2D eigenvalue weighted by Crippen LogP contribution is -2.33. The number of epoxide rings is 1. The Morgan fingerprint density at radius 3 is 2.41 bits per heavy atom. The SMILES string of the molecule is c1ccc(OC(C2CCCCC2)C2CO2)cc1. The summed E-state index contributed by atoms with van der Waals surface area (Å²) in [6.07, 6.45) is 7.32. The van der Waals surface area contributed by atoms with Gasteiger partial charge in [0.2, 0.25) is 0 Å². The van der Waals surface area contributed by atoms with Crippen molar-refractivity contribution in [3.05, 3.63) is 30.3 Å². The Labute approximate surface area is 103 Å². The summed E-state index contributed by atoms with van der Waals surface area (Å²) in [4.78, 5) is 0. The van der Waals surface area contributed by atoms with Gasteiger partial charge < -0.3 is 9.47 Å². The van der Waals surface area contributed by atoms with Gasteiger partial charge in [-0.05, 0) is 30.9 Å². The summed E-state index contributed by atoms with van der Waals surface area (Å²) in [6.45, 7) is 0.883. The minimum atomic E-state index is 0.276. The van der Waals surface area contributed by atoms with E-state index in [-0.39, 0.29) is 6.10 Å². The first-order valence-corrected chi connectivity index (χ1v) is 6.77. The molecule has 3 rings (SSSR count). The third-order valence-electron chi connectivity index (χ3n) is 3.86. The lowest BCUT2D eigenvalue weighted by Gasteiger charge is -2.29. The largest absolute Gasteiger partial charge is 0.487 e. The Kier molecular flexibility index (Phi) is 3.32. The third kappa shape index (κ3) is 2.81. The number of hydrogen-bond donors (Lipinski definition) is 0. The minimum absolute atomic E-state index is 0.276. The van der Waals surface area contributed by atoms with Crippen molar-refractivity contribution in [3.8, 4) is 5.75 Å². The van der Waals surface area contributed by atoms with E-state index in [0.29, 0.717) is 12.0 Å². The summed E-state index contributed by atoms with van der Waals surface area (Å²) in [6, 6.07) is 10.2. The number of para-hydroxylation sites is 1. The van der Waals surface area contributed by atoms with E-state index in [0.717, 1.165) is 12.4 Å².